The van der Waals surface area contributed by atoms with Crippen LogP contribution in [0.5, 0.6) is 0 Å². The minimum atomic E-state index is 0.603. The van der Waals surface area contributed by atoms with Gasteiger partial charge in [-0.25, -0.2) is 4.98 Å². The molecule has 0 saturated carbocycles. The number of hydrogen-bond donors (Lipinski definition) is 0. The molecule has 55 heavy (non-hydrogen) atoms. The Hall–Kier alpha value is -7.43. The van der Waals surface area contributed by atoms with E-state index in [0.29, 0.717) is 5.89 Å². The first-order chi connectivity index (χ1) is 27.2. The van der Waals surface area contributed by atoms with Gasteiger partial charge in [0.25, 0.3) is 0 Å². The van der Waals surface area contributed by atoms with Crippen molar-refractivity contribution >= 4 is 71.6 Å². The van der Waals surface area contributed by atoms with Gasteiger partial charge in [-0.15, -0.1) is 0 Å². The largest absolute Gasteiger partial charge is 0.456 e. The first-order valence-electron chi connectivity index (χ1n) is 18.5. The van der Waals surface area contributed by atoms with E-state index in [9.17, 15) is 0 Å². The zero-order valence-electron chi connectivity index (χ0n) is 29.7. The molecule has 0 spiro atoms. The Morgan fingerprint density at radius 3 is 1.89 bits per heavy atom. The zero-order valence-corrected chi connectivity index (χ0v) is 29.7. The predicted molar refractivity (Wildman–Crippen MR) is 227 cm³/mol. The van der Waals surface area contributed by atoms with Crippen LogP contribution >= 0.6 is 0 Å². The molecular formula is C51H32N2O2. The molecule has 0 saturated heterocycles. The van der Waals surface area contributed by atoms with E-state index in [4.69, 9.17) is 13.8 Å². The lowest BCUT2D eigenvalue weighted by atomic mass is 9.99. The molecule has 0 amide bonds. The molecule has 0 aliphatic carbocycles. The average molecular weight is 705 g/mol. The second-order valence-corrected chi connectivity index (χ2v) is 14.0. The molecule has 0 aliphatic rings. The molecule has 0 radical (unpaired) electrons. The van der Waals surface area contributed by atoms with Crippen molar-refractivity contribution < 1.29 is 8.83 Å². The number of rotatable bonds is 6. The molecule has 2 aromatic heterocycles. The summed E-state index contributed by atoms with van der Waals surface area (Å²) in [6.07, 6.45) is 0. The van der Waals surface area contributed by atoms with E-state index in [1.165, 1.54) is 32.7 Å². The normalized spacial score (nSPS) is 11.6. The molecular weight excluding hydrogens is 673 g/mol. The minimum absolute atomic E-state index is 0.603. The van der Waals surface area contributed by atoms with E-state index in [1.54, 1.807) is 0 Å². The Balaban J connectivity index is 1.01. The van der Waals surface area contributed by atoms with Gasteiger partial charge in [0.1, 0.15) is 16.7 Å². The van der Waals surface area contributed by atoms with Gasteiger partial charge in [0, 0.05) is 39.3 Å². The Kier molecular flexibility index (Phi) is 7.14. The molecule has 9 aromatic carbocycles. The van der Waals surface area contributed by atoms with Crippen LogP contribution in [0.2, 0.25) is 0 Å². The number of furan rings is 1. The van der Waals surface area contributed by atoms with E-state index in [0.717, 1.165) is 66.8 Å². The van der Waals surface area contributed by atoms with Crippen molar-refractivity contribution in [1.29, 1.82) is 0 Å². The first kappa shape index (κ1) is 31.1. The van der Waals surface area contributed by atoms with Crippen LogP contribution < -0.4 is 4.90 Å². The lowest BCUT2D eigenvalue weighted by Gasteiger charge is -2.28. The summed E-state index contributed by atoms with van der Waals surface area (Å²) in [4.78, 5) is 7.13. The zero-order chi connectivity index (χ0) is 36.3. The quantitative estimate of drug-likeness (QED) is 0.162. The second-order valence-electron chi connectivity index (χ2n) is 14.0. The number of aromatic nitrogens is 1. The van der Waals surface area contributed by atoms with Crippen molar-refractivity contribution in [3.63, 3.8) is 0 Å². The highest BCUT2D eigenvalue weighted by Gasteiger charge is 2.19. The van der Waals surface area contributed by atoms with Gasteiger partial charge in [0.2, 0.25) is 5.89 Å². The SMILES string of the molecule is c1ccc(-c2nc3cc4oc5ccc(-c6ccc(N(c7ccc8c(ccc9ccccc98)c7)c7ccccc7-c7ccccc7)cc6)cc5c4cc3o2)cc1. The number of para-hydroxylation sites is 1. The number of benzene rings is 9. The van der Waals surface area contributed by atoms with Crippen LogP contribution in [0.15, 0.2) is 203 Å². The van der Waals surface area contributed by atoms with Gasteiger partial charge >= 0.3 is 0 Å². The third-order valence-electron chi connectivity index (χ3n) is 10.7. The van der Waals surface area contributed by atoms with Crippen LogP contribution in [0.3, 0.4) is 0 Å². The third-order valence-corrected chi connectivity index (χ3v) is 10.7. The summed E-state index contributed by atoms with van der Waals surface area (Å²) >= 11 is 0. The number of anilines is 3. The molecule has 0 N–H and O–H groups in total. The molecule has 258 valence electrons. The molecule has 11 rings (SSSR count). The summed E-state index contributed by atoms with van der Waals surface area (Å²) in [5, 5.41) is 7.00. The smallest absolute Gasteiger partial charge is 0.227 e. The highest BCUT2D eigenvalue weighted by atomic mass is 16.4. The standard InChI is InChI=1S/C51H32N2O2/c1-3-11-34(12-4-1)43-17-9-10-18-47(43)53(40-26-27-42-38(29-40)20-19-35-13-7-8-16-41(35)42)39-24-21-33(22-25-39)37-23-28-48-44(30-37)45-31-50-46(32-49(45)54-48)52-51(55-50)36-14-5-2-6-15-36/h1-32H. The van der Waals surface area contributed by atoms with Gasteiger partial charge in [-0.2, -0.15) is 0 Å². The number of nitrogens with zero attached hydrogens (tertiary/aromatic N) is 2. The van der Waals surface area contributed by atoms with Crippen molar-refractivity contribution in [1.82, 2.24) is 4.98 Å². The molecule has 0 aliphatic heterocycles. The summed E-state index contributed by atoms with van der Waals surface area (Å²) in [6, 6.07) is 68.4. The summed E-state index contributed by atoms with van der Waals surface area (Å²) in [5.41, 5.74) is 11.9. The van der Waals surface area contributed by atoms with Crippen molar-refractivity contribution in [2.45, 2.75) is 0 Å². The molecule has 11 aromatic rings. The Morgan fingerprint density at radius 2 is 1.04 bits per heavy atom. The highest BCUT2D eigenvalue weighted by Crippen LogP contribution is 2.43. The van der Waals surface area contributed by atoms with E-state index in [2.05, 4.69) is 163 Å². The van der Waals surface area contributed by atoms with Gasteiger partial charge in [-0.3, -0.25) is 0 Å². The maximum Gasteiger partial charge on any atom is 0.227 e. The van der Waals surface area contributed by atoms with Gasteiger partial charge in [0.05, 0.1) is 5.69 Å². The minimum Gasteiger partial charge on any atom is -0.456 e. The number of hydrogen-bond acceptors (Lipinski definition) is 4. The molecule has 0 atom stereocenters. The summed E-state index contributed by atoms with van der Waals surface area (Å²) in [5.74, 6) is 0.603. The van der Waals surface area contributed by atoms with Crippen molar-refractivity contribution in [3.05, 3.63) is 194 Å². The average Bonchev–Trinajstić information content (AvgIpc) is 3.84. The van der Waals surface area contributed by atoms with E-state index in [1.807, 2.05) is 36.4 Å². The maximum atomic E-state index is 6.33. The summed E-state index contributed by atoms with van der Waals surface area (Å²) < 4.78 is 12.6. The number of oxazole rings is 1. The Labute approximate surface area is 317 Å². The lowest BCUT2D eigenvalue weighted by Crippen LogP contribution is -2.11. The van der Waals surface area contributed by atoms with Gasteiger partial charge in [0.15, 0.2) is 5.58 Å². The van der Waals surface area contributed by atoms with Crippen LogP contribution in [-0.4, -0.2) is 4.98 Å². The Bertz CT molecular complexity index is 3200. The molecule has 0 fully saturated rings. The van der Waals surface area contributed by atoms with E-state index < -0.39 is 0 Å². The first-order valence-corrected chi connectivity index (χ1v) is 18.5. The van der Waals surface area contributed by atoms with E-state index in [-0.39, 0.29) is 0 Å². The third kappa shape index (κ3) is 5.34. The topological polar surface area (TPSA) is 42.4 Å². The summed E-state index contributed by atoms with van der Waals surface area (Å²) in [7, 11) is 0. The van der Waals surface area contributed by atoms with Crippen molar-refractivity contribution in [3.8, 4) is 33.7 Å². The molecule has 0 unspecified atom stereocenters. The fraction of sp³-hybridized carbons (Fsp3) is 0. The van der Waals surface area contributed by atoms with E-state index >= 15 is 0 Å². The molecule has 2 heterocycles. The van der Waals surface area contributed by atoms with Crippen LogP contribution in [0.4, 0.5) is 17.1 Å². The highest BCUT2D eigenvalue weighted by molar-refractivity contribution is 6.10. The van der Waals surface area contributed by atoms with Crippen LogP contribution in [0, 0.1) is 0 Å². The Morgan fingerprint density at radius 1 is 0.364 bits per heavy atom. The lowest BCUT2D eigenvalue weighted by molar-refractivity contribution is 0.620. The number of fused-ring (bicyclic) bond motifs is 7. The van der Waals surface area contributed by atoms with Gasteiger partial charge in [-0.05, 0) is 98.9 Å². The van der Waals surface area contributed by atoms with Gasteiger partial charge in [-0.1, -0.05) is 127 Å². The second kappa shape index (κ2) is 12.6. The van der Waals surface area contributed by atoms with Crippen LogP contribution in [-0.2, 0) is 0 Å². The maximum absolute atomic E-state index is 6.33. The molecule has 4 heteroatoms. The van der Waals surface area contributed by atoms with Crippen LogP contribution in [0.1, 0.15) is 0 Å². The van der Waals surface area contributed by atoms with Crippen LogP contribution in [0.25, 0.3) is 88.3 Å². The van der Waals surface area contributed by atoms with Gasteiger partial charge < -0.3 is 13.7 Å². The van der Waals surface area contributed by atoms with Crippen molar-refractivity contribution in [2.75, 3.05) is 4.90 Å². The predicted octanol–water partition coefficient (Wildman–Crippen LogP) is 14.5. The fourth-order valence-corrected chi connectivity index (χ4v) is 7.98. The summed E-state index contributed by atoms with van der Waals surface area (Å²) in [6.45, 7) is 0. The van der Waals surface area contributed by atoms with Crippen molar-refractivity contribution in [2.24, 2.45) is 0 Å². The molecule has 0 bridgehead atoms. The monoisotopic (exact) mass is 704 g/mol. The molecule has 4 nitrogen and oxygen atoms in total. The fourth-order valence-electron chi connectivity index (χ4n) is 7.98.